The zero-order chi connectivity index (χ0) is 12.3. The third-order valence-corrected chi connectivity index (χ3v) is 3.78. The van der Waals surface area contributed by atoms with Gasteiger partial charge in [-0.2, -0.15) is 5.10 Å². The number of carbonyl (C=O) groups excluding carboxylic acids is 1. The molecule has 1 amide bonds. The second kappa shape index (κ2) is 4.87. The van der Waals surface area contributed by atoms with Crippen LogP contribution in [0.15, 0.2) is 12.3 Å². The van der Waals surface area contributed by atoms with Crippen molar-refractivity contribution in [3.63, 3.8) is 0 Å². The summed E-state index contributed by atoms with van der Waals surface area (Å²) < 4.78 is 1.68. The van der Waals surface area contributed by atoms with Crippen LogP contribution in [0.2, 0.25) is 0 Å². The Balaban J connectivity index is 2.10. The molecular formula is C12H20N4O. The number of amides is 1. The van der Waals surface area contributed by atoms with E-state index in [0.717, 1.165) is 38.2 Å². The first-order chi connectivity index (χ1) is 8.18. The molecule has 5 heteroatoms. The molecule has 94 valence electrons. The minimum absolute atomic E-state index is 0.130. The summed E-state index contributed by atoms with van der Waals surface area (Å²) in [5.74, 6) is 0.895. The molecule has 0 radical (unpaired) electrons. The average Bonchev–Trinajstić information content (AvgIpc) is 2.76. The van der Waals surface area contributed by atoms with E-state index in [0.29, 0.717) is 0 Å². The molecule has 2 N–H and O–H groups in total. The lowest BCUT2D eigenvalue weighted by molar-refractivity contribution is -0.127. The molecule has 1 aromatic rings. The van der Waals surface area contributed by atoms with Crippen molar-refractivity contribution in [1.29, 1.82) is 0 Å². The summed E-state index contributed by atoms with van der Waals surface area (Å²) in [4.78, 5) is 12.4. The van der Waals surface area contributed by atoms with Gasteiger partial charge in [-0.05, 0) is 32.4 Å². The lowest BCUT2D eigenvalue weighted by Gasteiger charge is -2.35. The van der Waals surface area contributed by atoms with Gasteiger partial charge in [0.05, 0.1) is 11.6 Å². The Kier molecular flexibility index (Phi) is 3.47. The van der Waals surface area contributed by atoms with Crippen LogP contribution in [0.1, 0.15) is 26.2 Å². The summed E-state index contributed by atoms with van der Waals surface area (Å²) in [6.07, 6.45) is 4.40. The van der Waals surface area contributed by atoms with E-state index in [9.17, 15) is 4.79 Å². The van der Waals surface area contributed by atoms with Crippen molar-refractivity contribution in [2.75, 3.05) is 18.4 Å². The van der Waals surface area contributed by atoms with Crippen LogP contribution in [0, 0.1) is 5.41 Å². The number of nitrogens with zero attached hydrogens (tertiary/aromatic N) is 2. The summed E-state index contributed by atoms with van der Waals surface area (Å²) in [6.45, 7) is 3.94. The Bertz CT molecular complexity index is 393. The Morgan fingerprint density at radius 2 is 2.29 bits per heavy atom. The minimum Gasteiger partial charge on any atom is -0.317 e. The number of piperidine rings is 1. The van der Waals surface area contributed by atoms with Crippen molar-refractivity contribution in [3.8, 4) is 0 Å². The smallest absolute Gasteiger partial charge is 0.231 e. The van der Waals surface area contributed by atoms with E-state index >= 15 is 0 Å². The van der Waals surface area contributed by atoms with E-state index in [1.54, 1.807) is 10.9 Å². The first-order valence-electron chi connectivity index (χ1n) is 6.18. The molecule has 0 atom stereocenters. The third-order valence-electron chi connectivity index (χ3n) is 3.78. The number of anilines is 1. The van der Waals surface area contributed by atoms with Crippen LogP contribution in [0.5, 0.6) is 0 Å². The van der Waals surface area contributed by atoms with Crippen LogP contribution in [-0.2, 0) is 11.8 Å². The molecule has 1 aliphatic heterocycles. The highest BCUT2D eigenvalue weighted by molar-refractivity contribution is 5.94. The lowest BCUT2D eigenvalue weighted by atomic mass is 9.76. The molecule has 1 aliphatic rings. The maximum atomic E-state index is 12.4. The number of aryl methyl sites for hydroxylation is 1. The number of rotatable bonds is 3. The first-order valence-corrected chi connectivity index (χ1v) is 6.18. The van der Waals surface area contributed by atoms with E-state index in [4.69, 9.17) is 0 Å². The molecule has 0 aliphatic carbocycles. The molecule has 0 spiro atoms. The van der Waals surface area contributed by atoms with Gasteiger partial charge in [-0.1, -0.05) is 6.92 Å². The maximum Gasteiger partial charge on any atom is 0.231 e. The normalized spacial score (nSPS) is 18.9. The van der Waals surface area contributed by atoms with Crippen molar-refractivity contribution in [3.05, 3.63) is 12.3 Å². The van der Waals surface area contributed by atoms with Crippen LogP contribution < -0.4 is 10.6 Å². The fourth-order valence-electron chi connectivity index (χ4n) is 2.39. The molecule has 2 rings (SSSR count). The van der Waals surface area contributed by atoms with Gasteiger partial charge in [0.15, 0.2) is 0 Å². The average molecular weight is 236 g/mol. The monoisotopic (exact) mass is 236 g/mol. The van der Waals surface area contributed by atoms with Crippen molar-refractivity contribution < 1.29 is 4.79 Å². The number of hydrogen-bond donors (Lipinski definition) is 2. The van der Waals surface area contributed by atoms with E-state index in [1.807, 2.05) is 13.1 Å². The maximum absolute atomic E-state index is 12.4. The van der Waals surface area contributed by atoms with Gasteiger partial charge in [0.2, 0.25) is 5.91 Å². The van der Waals surface area contributed by atoms with E-state index in [2.05, 4.69) is 22.7 Å². The summed E-state index contributed by atoms with van der Waals surface area (Å²) in [5, 5.41) is 10.3. The third kappa shape index (κ3) is 2.34. The molecular weight excluding hydrogens is 216 g/mol. The molecule has 1 aromatic heterocycles. The van der Waals surface area contributed by atoms with Crippen molar-refractivity contribution in [2.24, 2.45) is 12.5 Å². The van der Waals surface area contributed by atoms with E-state index in [1.165, 1.54) is 0 Å². The SMILES string of the molecule is CCC1(C(=O)Nc2ccnn2C)CCNCC1. The van der Waals surface area contributed by atoms with Gasteiger partial charge in [0, 0.05) is 13.1 Å². The number of nitrogens with one attached hydrogen (secondary N) is 2. The Morgan fingerprint density at radius 1 is 1.59 bits per heavy atom. The van der Waals surface area contributed by atoms with Gasteiger partial charge in [-0.3, -0.25) is 9.48 Å². The second-order valence-electron chi connectivity index (χ2n) is 4.68. The zero-order valence-electron chi connectivity index (χ0n) is 10.5. The lowest BCUT2D eigenvalue weighted by Crippen LogP contribution is -2.44. The highest BCUT2D eigenvalue weighted by Gasteiger charge is 2.37. The molecule has 0 bridgehead atoms. The molecule has 0 aromatic carbocycles. The fraction of sp³-hybridized carbons (Fsp3) is 0.667. The molecule has 5 nitrogen and oxygen atoms in total. The summed E-state index contributed by atoms with van der Waals surface area (Å²) in [7, 11) is 1.83. The zero-order valence-corrected chi connectivity index (χ0v) is 10.5. The molecule has 1 saturated heterocycles. The summed E-state index contributed by atoms with van der Waals surface area (Å²) in [5.41, 5.74) is -0.213. The van der Waals surface area contributed by atoms with Crippen LogP contribution in [0.4, 0.5) is 5.82 Å². The molecule has 0 saturated carbocycles. The van der Waals surface area contributed by atoms with Gasteiger partial charge in [0.25, 0.3) is 0 Å². The Hall–Kier alpha value is -1.36. The highest BCUT2D eigenvalue weighted by atomic mass is 16.2. The van der Waals surface area contributed by atoms with Crippen molar-refractivity contribution >= 4 is 11.7 Å². The quantitative estimate of drug-likeness (QED) is 0.827. The van der Waals surface area contributed by atoms with Gasteiger partial charge < -0.3 is 10.6 Å². The molecule has 0 unspecified atom stereocenters. The largest absolute Gasteiger partial charge is 0.317 e. The predicted octanol–water partition coefficient (Wildman–Crippen LogP) is 1.14. The van der Waals surface area contributed by atoms with Crippen LogP contribution >= 0.6 is 0 Å². The fourth-order valence-corrected chi connectivity index (χ4v) is 2.39. The Labute approximate surface area is 102 Å². The predicted molar refractivity (Wildman–Crippen MR) is 66.7 cm³/mol. The van der Waals surface area contributed by atoms with E-state index in [-0.39, 0.29) is 11.3 Å². The number of aromatic nitrogens is 2. The minimum atomic E-state index is -0.213. The van der Waals surface area contributed by atoms with Gasteiger partial charge in [-0.25, -0.2) is 0 Å². The topological polar surface area (TPSA) is 59.0 Å². The van der Waals surface area contributed by atoms with Gasteiger partial charge >= 0.3 is 0 Å². The van der Waals surface area contributed by atoms with Crippen LogP contribution in [0.3, 0.4) is 0 Å². The molecule has 2 heterocycles. The highest BCUT2D eigenvalue weighted by Crippen LogP contribution is 2.33. The Morgan fingerprint density at radius 3 is 2.82 bits per heavy atom. The molecule has 1 fully saturated rings. The molecule has 17 heavy (non-hydrogen) atoms. The summed E-state index contributed by atoms with van der Waals surface area (Å²) >= 11 is 0. The summed E-state index contributed by atoms with van der Waals surface area (Å²) in [6, 6.07) is 1.82. The van der Waals surface area contributed by atoms with E-state index < -0.39 is 0 Å². The number of carbonyl (C=O) groups is 1. The number of hydrogen-bond acceptors (Lipinski definition) is 3. The van der Waals surface area contributed by atoms with Crippen LogP contribution in [0.25, 0.3) is 0 Å². The first kappa shape index (κ1) is 12.1. The second-order valence-corrected chi connectivity index (χ2v) is 4.68. The van der Waals surface area contributed by atoms with Gasteiger partial charge in [-0.15, -0.1) is 0 Å². The van der Waals surface area contributed by atoms with Gasteiger partial charge in [0.1, 0.15) is 5.82 Å². The van der Waals surface area contributed by atoms with Crippen LogP contribution in [-0.4, -0.2) is 28.8 Å². The van der Waals surface area contributed by atoms with Crippen molar-refractivity contribution in [1.82, 2.24) is 15.1 Å². The van der Waals surface area contributed by atoms with Crippen molar-refractivity contribution in [2.45, 2.75) is 26.2 Å². The standard InChI is InChI=1S/C12H20N4O/c1-3-12(5-8-13-9-6-12)11(17)15-10-4-7-14-16(10)2/h4,7,13H,3,5-6,8-9H2,1-2H3,(H,15,17).